The van der Waals surface area contributed by atoms with Crippen LogP contribution in [0.5, 0.6) is 0 Å². The molecule has 1 aliphatic heterocycles. The third-order valence-corrected chi connectivity index (χ3v) is 4.91. The number of fused-ring (bicyclic) bond motifs is 1. The summed E-state index contributed by atoms with van der Waals surface area (Å²) in [5.41, 5.74) is 1.28. The summed E-state index contributed by atoms with van der Waals surface area (Å²) in [5, 5.41) is 6.12. The third kappa shape index (κ3) is 7.97. The Morgan fingerprint density at radius 3 is 1.79 bits per heavy atom. The van der Waals surface area contributed by atoms with E-state index in [1.807, 2.05) is 12.2 Å². The van der Waals surface area contributed by atoms with E-state index in [1.165, 1.54) is 12.2 Å². The molecule has 1 fully saturated rings. The number of esters is 2. The Labute approximate surface area is 202 Å². The minimum absolute atomic E-state index is 0. The molecule has 0 amide bonds. The van der Waals surface area contributed by atoms with E-state index in [0.717, 1.165) is 0 Å². The monoisotopic (exact) mass is 496 g/mol. The summed E-state index contributed by atoms with van der Waals surface area (Å²) in [6.07, 6.45) is 23.0. The van der Waals surface area contributed by atoms with Gasteiger partial charge in [-0.25, -0.2) is 0 Å². The molecular weight excluding hydrogens is 471 g/mol. The van der Waals surface area contributed by atoms with Crippen LogP contribution < -0.4 is 10.6 Å². The Bertz CT molecular complexity index is 895. The predicted octanol–water partition coefficient (Wildman–Crippen LogP) is 0.952. The van der Waals surface area contributed by atoms with Gasteiger partial charge in [0.25, 0.3) is 0 Å². The first-order valence-electron chi connectivity index (χ1n) is 10.0. The second-order valence-corrected chi connectivity index (χ2v) is 7.07. The third-order valence-electron chi connectivity index (χ3n) is 4.91. The van der Waals surface area contributed by atoms with Crippen LogP contribution in [0.4, 0.5) is 0 Å². The second-order valence-electron chi connectivity index (χ2n) is 7.07. The van der Waals surface area contributed by atoms with Gasteiger partial charge in [-0.15, -0.1) is 0 Å². The standard InChI is InChI=1S/C16H16N2O2.C8H7O3.Co.H2O/c19-15-7-3-1-5-13(15)11-17-9-10-18-12-14-6-2-4-8-16(14)20;9-7-5-3-1-2-4-6(5)8(10)11-7;;/h1-8,11-12,17-18H,9-10H2;1,5-6H,3-4H2;;1H2/q;-1;;/b13-11-,14-12-;;;/t;5-,6+;;/m.0../s1. The molecule has 0 saturated carbocycles. The van der Waals surface area contributed by atoms with Crippen LogP contribution in [0.25, 0.3) is 0 Å². The zero-order valence-corrected chi connectivity index (χ0v) is 18.7. The van der Waals surface area contributed by atoms with Crippen LogP contribution >= 0.6 is 0 Å². The zero-order valence-electron chi connectivity index (χ0n) is 17.7. The van der Waals surface area contributed by atoms with Crippen molar-refractivity contribution in [3.63, 3.8) is 0 Å². The summed E-state index contributed by atoms with van der Waals surface area (Å²) in [4.78, 5) is 44.7. The van der Waals surface area contributed by atoms with E-state index < -0.39 is 0 Å². The van der Waals surface area contributed by atoms with E-state index in [-0.39, 0.29) is 57.6 Å². The smallest absolute Gasteiger partial charge is 0.317 e. The molecule has 8 nitrogen and oxygen atoms in total. The van der Waals surface area contributed by atoms with Gasteiger partial charge < -0.3 is 26.9 Å². The maximum absolute atomic E-state index is 11.4. The minimum atomic E-state index is -0.374. The Morgan fingerprint density at radius 1 is 0.818 bits per heavy atom. The summed E-state index contributed by atoms with van der Waals surface area (Å²) in [6, 6.07) is 0. The molecule has 9 heteroatoms. The van der Waals surface area contributed by atoms with Crippen molar-refractivity contribution in [2.75, 3.05) is 13.1 Å². The molecule has 2 atom stereocenters. The zero-order chi connectivity index (χ0) is 22.1. The van der Waals surface area contributed by atoms with Gasteiger partial charge in [-0.2, -0.15) is 6.42 Å². The molecule has 0 unspecified atom stereocenters. The first kappa shape index (κ1) is 27.8. The molecule has 0 aromatic heterocycles. The number of ketones is 2. The van der Waals surface area contributed by atoms with Crippen LogP contribution in [-0.2, 0) is 40.7 Å². The molecule has 177 valence electrons. The van der Waals surface area contributed by atoms with E-state index in [9.17, 15) is 19.2 Å². The fourth-order valence-corrected chi connectivity index (χ4v) is 3.19. The second kappa shape index (κ2) is 14.0. The van der Waals surface area contributed by atoms with Crippen LogP contribution in [0.3, 0.4) is 0 Å². The first-order valence-corrected chi connectivity index (χ1v) is 10.0. The van der Waals surface area contributed by atoms with Crippen molar-refractivity contribution in [1.82, 2.24) is 10.6 Å². The number of allylic oxidation sites excluding steroid dienone is 12. The molecular formula is C24H25CoN2O6-. The average Bonchev–Trinajstić information content (AvgIpc) is 3.07. The number of ether oxygens (including phenoxy) is 1. The van der Waals surface area contributed by atoms with Crippen LogP contribution in [0.2, 0.25) is 0 Å². The average molecular weight is 496 g/mol. The number of cyclic esters (lactones) is 2. The van der Waals surface area contributed by atoms with Gasteiger partial charge in [0.05, 0.1) is 5.92 Å². The van der Waals surface area contributed by atoms with Crippen molar-refractivity contribution in [2.45, 2.75) is 12.8 Å². The number of rotatable bonds is 5. The maximum Gasteiger partial charge on any atom is 0.317 e. The van der Waals surface area contributed by atoms with Gasteiger partial charge in [-0.3, -0.25) is 25.3 Å². The van der Waals surface area contributed by atoms with Gasteiger partial charge in [-0.1, -0.05) is 30.7 Å². The maximum atomic E-state index is 11.4. The van der Waals surface area contributed by atoms with Crippen molar-refractivity contribution in [2.24, 2.45) is 11.8 Å². The topological polar surface area (TPSA) is 133 Å². The molecule has 3 aliphatic carbocycles. The molecule has 4 rings (SSSR count). The Balaban J connectivity index is 0.000000357. The van der Waals surface area contributed by atoms with Crippen molar-refractivity contribution in [3.8, 4) is 0 Å². The van der Waals surface area contributed by atoms with Crippen LogP contribution in [0.1, 0.15) is 12.8 Å². The number of hydrogen-bond donors (Lipinski definition) is 2. The summed E-state index contributed by atoms with van der Waals surface area (Å²) >= 11 is 0. The molecule has 4 aliphatic rings. The van der Waals surface area contributed by atoms with Crippen LogP contribution in [0, 0.1) is 17.9 Å². The van der Waals surface area contributed by atoms with Gasteiger partial charge in [0.1, 0.15) is 0 Å². The van der Waals surface area contributed by atoms with Crippen molar-refractivity contribution >= 4 is 23.5 Å². The Morgan fingerprint density at radius 2 is 1.30 bits per heavy atom. The summed E-state index contributed by atoms with van der Waals surface area (Å²) in [6.45, 7) is 1.32. The molecule has 0 aromatic rings. The van der Waals surface area contributed by atoms with Crippen LogP contribution in [-0.4, -0.2) is 42.1 Å². The summed E-state index contributed by atoms with van der Waals surface area (Å²) < 4.78 is 4.47. The number of hydrogen-bond acceptors (Lipinski definition) is 7. The normalized spacial score (nSPS) is 24.5. The van der Waals surface area contributed by atoms with E-state index in [2.05, 4.69) is 21.4 Å². The molecule has 33 heavy (non-hydrogen) atoms. The van der Waals surface area contributed by atoms with Gasteiger partial charge >= 0.3 is 11.9 Å². The molecule has 4 N–H and O–H groups in total. The number of carbonyl (C=O) groups excluding carboxylic acids is 4. The van der Waals surface area contributed by atoms with E-state index >= 15 is 0 Å². The van der Waals surface area contributed by atoms with Gasteiger partial charge in [-0.05, 0) is 24.3 Å². The largest absolute Gasteiger partial charge is 0.500 e. The Hall–Kier alpha value is -3.27. The van der Waals surface area contributed by atoms with Gasteiger partial charge in [0.15, 0.2) is 11.6 Å². The van der Waals surface area contributed by atoms with Crippen molar-refractivity contribution in [1.29, 1.82) is 0 Å². The van der Waals surface area contributed by atoms with E-state index in [1.54, 1.807) is 42.8 Å². The SMILES string of the molecule is O.O=C1C=CC=C/C1=C/NCCN/C=C1/C=CC=CC1=O.O=C1OC(=O)[C@@H]2C[C-]=CC[C@H]12.[Co]. The minimum Gasteiger partial charge on any atom is -0.500 e. The number of nitrogens with one attached hydrogen (secondary N) is 2. The molecule has 0 bridgehead atoms. The fraction of sp³-hybridized carbons (Fsp3) is 0.250. The molecule has 1 heterocycles. The molecule has 1 radical (unpaired) electrons. The van der Waals surface area contributed by atoms with E-state index in [0.29, 0.717) is 37.1 Å². The van der Waals surface area contributed by atoms with E-state index in [4.69, 9.17) is 0 Å². The Kier molecular flexibility index (Phi) is 11.8. The first-order chi connectivity index (χ1) is 15.1. The fourth-order valence-electron chi connectivity index (χ4n) is 3.19. The molecule has 1 saturated heterocycles. The quantitative estimate of drug-likeness (QED) is 0.190. The predicted molar refractivity (Wildman–Crippen MR) is 117 cm³/mol. The molecule has 0 aromatic carbocycles. The summed E-state index contributed by atoms with van der Waals surface area (Å²) in [7, 11) is 0. The van der Waals surface area contributed by atoms with Crippen molar-refractivity contribution in [3.05, 3.63) is 84.3 Å². The van der Waals surface area contributed by atoms with Crippen LogP contribution in [0.15, 0.2) is 78.2 Å². The number of carbonyl (C=O) groups is 4. The van der Waals surface area contributed by atoms with Gasteiger partial charge in [0, 0.05) is 59.3 Å². The molecule has 0 spiro atoms. The summed E-state index contributed by atoms with van der Waals surface area (Å²) in [5.74, 6) is -1.20. The van der Waals surface area contributed by atoms with Crippen molar-refractivity contribution < 1.29 is 46.2 Å². The van der Waals surface area contributed by atoms with Gasteiger partial charge in [0.2, 0.25) is 0 Å².